The van der Waals surface area contributed by atoms with Crippen LogP contribution in [0.1, 0.15) is 18.9 Å². The lowest BCUT2D eigenvalue weighted by Crippen LogP contribution is -2.40. The van der Waals surface area contributed by atoms with Crippen LogP contribution in [0.4, 0.5) is 0 Å². The average molecular weight is 261 g/mol. The van der Waals surface area contributed by atoms with Crippen LogP contribution in [0.25, 0.3) is 0 Å². The molecule has 1 aromatic rings. The van der Waals surface area contributed by atoms with Crippen molar-refractivity contribution in [2.75, 3.05) is 19.8 Å². The lowest BCUT2D eigenvalue weighted by atomic mass is 10.0. The van der Waals surface area contributed by atoms with Gasteiger partial charge in [-0.15, -0.1) is 0 Å². The summed E-state index contributed by atoms with van der Waals surface area (Å²) in [6.07, 6.45) is 3.54. The third-order valence-corrected chi connectivity index (χ3v) is 3.50. The third-order valence-electron chi connectivity index (χ3n) is 3.50. The van der Waals surface area contributed by atoms with E-state index in [-0.39, 0.29) is 12.1 Å². The number of hydrogen-bond donors (Lipinski definition) is 2. The molecule has 2 N–H and O–H groups in total. The Bertz CT molecular complexity index is 402. The van der Waals surface area contributed by atoms with Crippen molar-refractivity contribution >= 4 is 0 Å². The average Bonchev–Trinajstić information content (AvgIpc) is 2.47. The summed E-state index contributed by atoms with van der Waals surface area (Å²) in [6.45, 7) is 4.37. The summed E-state index contributed by atoms with van der Waals surface area (Å²) in [5.74, 6) is 0. The molecule has 0 fully saturated rings. The molecule has 0 saturated heterocycles. The number of nitrogens with one attached hydrogen (secondary N) is 1. The van der Waals surface area contributed by atoms with Gasteiger partial charge in [0, 0.05) is 12.6 Å². The molecule has 0 bridgehead atoms. The highest BCUT2D eigenvalue weighted by atomic mass is 16.5. The standard InChI is InChI=1S/C16H23NO2/c1-13(17-11-15-8-5-9-19-12-15)16(18)10-14-6-3-2-4-7-14/h2-4,6-8,13,16-18H,5,9-12H2,1H3. The Balaban J connectivity index is 1.76. The molecule has 0 aromatic heterocycles. The summed E-state index contributed by atoms with van der Waals surface area (Å²) in [5.41, 5.74) is 2.45. The van der Waals surface area contributed by atoms with E-state index in [1.165, 1.54) is 11.1 Å². The lowest BCUT2D eigenvalue weighted by molar-refractivity contribution is 0.130. The fourth-order valence-corrected chi connectivity index (χ4v) is 2.19. The van der Waals surface area contributed by atoms with E-state index >= 15 is 0 Å². The molecule has 1 heterocycles. The van der Waals surface area contributed by atoms with Gasteiger partial charge in [0.15, 0.2) is 0 Å². The molecule has 1 aliphatic heterocycles. The van der Waals surface area contributed by atoms with Crippen molar-refractivity contribution in [3.05, 3.63) is 47.5 Å². The van der Waals surface area contributed by atoms with E-state index in [0.29, 0.717) is 13.0 Å². The van der Waals surface area contributed by atoms with Crippen molar-refractivity contribution in [2.45, 2.75) is 31.9 Å². The molecule has 2 unspecified atom stereocenters. The van der Waals surface area contributed by atoms with Crippen molar-refractivity contribution < 1.29 is 9.84 Å². The number of ether oxygens (including phenoxy) is 1. The van der Waals surface area contributed by atoms with Gasteiger partial charge in [0.1, 0.15) is 0 Å². The molecular weight excluding hydrogens is 238 g/mol. The summed E-state index contributed by atoms with van der Waals surface area (Å²) in [6, 6.07) is 10.2. The Kier molecular flexibility index (Phi) is 5.58. The van der Waals surface area contributed by atoms with E-state index in [4.69, 9.17) is 4.74 Å². The number of rotatable bonds is 6. The Morgan fingerprint density at radius 1 is 1.32 bits per heavy atom. The van der Waals surface area contributed by atoms with Crippen LogP contribution in [0, 0.1) is 0 Å². The van der Waals surface area contributed by atoms with Crippen LogP contribution in [0.5, 0.6) is 0 Å². The van der Waals surface area contributed by atoms with Gasteiger partial charge in [-0.1, -0.05) is 36.4 Å². The Morgan fingerprint density at radius 3 is 2.79 bits per heavy atom. The predicted octanol–water partition coefficient (Wildman–Crippen LogP) is 1.91. The highest BCUT2D eigenvalue weighted by Gasteiger charge is 2.15. The maximum atomic E-state index is 10.2. The van der Waals surface area contributed by atoms with Gasteiger partial charge in [0.2, 0.25) is 0 Å². The first kappa shape index (κ1) is 14.3. The zero-order valence-electron chi connectivity index (χ0n) is 11.5. The molecule has 3 nitrogen and oxygen atoms in total. The zero-order chi connectivity index (χ0) is 13.5. The van der Waals surface area contributed by atoms with Gasteiger partial charge in [0.25, 0.3) is 0 Å². The molecule has 104 valence electrons. The smallest absolute Gasteiger partial charge is 0.0730 e. The molecule has 2 atom stereocenters. The monoisotopic (exact) mass is 261 g/mol. The zero-order valence-corrected chi connectivity index (χ0v) is 11.5. The predicted molar refractivity (Wildman–Crippen MR) is 77.1 cm³/mol. The summed E-state index contributed by atoms with van der Waals surface area (Å²) in [5, 5.41) is 13.6. The first-order valence-electron chi connectivity index (χ1n) is 6.96. The van der Waals surface area contributed by atoms with Crippen molar-refractivity contribution in [1.82, 2.24) is 5.32 Å². The van der Waals surface area contributed by atoms with Crippen LogP contribution in [-0.2, 0) is 11.2 Å². The third kappa shape index (κ3) is 4.78. The van der Waals surface area contributed by atoms with Crippen LogP contribution in [0.3, 0.4) is 0 Å². The highest BCUT2D eigenvalue weighted by Crippen LogP contribution is 2.08. The Labute approximate surface area is 115 Å². The maximum absolute atomic E-state index is 10.2. The molecule has 1 aliphatic rings. The molecule has 0 spiro atoms. The van der Waals surface area contributed by atoms with Crippen LogP contribution in [0.15, 0.2) is 42.0 Å². The molecule has 1 aromatic carbocycles. The second kappa shape index (κ2) is 7.43. The SMILES string of the molecule is CC(NCC1=CCCOC1)C(O)Cc1ccccc1. The van der Waals surface area contributed by atoms with E-state index < -0.39 is 0 Å². The van der Waals surface area contributed by atoms with Gasteiger partial charge in [-0.3, -0.25) is 0 Å². The van der Waals surface area contributed by atoms with Crippen LogP contribution in [0.2, 0.25) is 0 Å². The first-order chi connectivity index (χ1) is 9.25. The number of aliphatic hydroxyl groups excluding tert-OH is 1. The number of hydrogen-bond acceptors (Lipinski definition) is 3. The number of aliphatic hydroxyl groups is 1. The maximum Gasteiger partial charge on any atom is 0.0730 e. The summed E-state index contributed by atoms with van der Waals surface area (Å²) >= 11 is 0. The van der Waals surface area contributed by atoms with Crippen LogP contribution >= 0.6 is 0 Å². The highest BCUT2D eigenvalue weighted by molar-refractivity contribution is 5.16. The van der Waals surface area contributed by atoms with Gasteiger partial charge in [-0.05, 0) is 30.9 Å². The van der Waals surface area contributed by atoms with Gasteiger partial charge >= 0.3 is 0 Å². The molecule has 2 rings (SSSR count). The fraction of sp³-hybridized carbons (Fsp3) is 0.500. The van der Waals surface area contributed by atoms with Crippen molar-refractivity contribution in [3.63, 3.8) is 0 Å². The molecule has 0 amide bonds. The normalized spacial score (nSPS) is 18.7. The number of benzene rings is 1. The van der Waals surface area contributed by atoms with Crippen molar-refractivity contribution in [1.29, 1.82) is 0 Å². The van der Waals surface area contributed by atoms with E-state index in [9.17, 15) is 5.11 Å². The van der Waals surface area contributed by atoms with Crippen LogP contribution in [-0.4, -0.2) is 37.0 Å². The minimum absolute atomic E-state index is 0.0723. The second-order valence-electron chi connectivity index (χ2n) is 5.13. The van der Waals surface area contributed by atoms with E-state index in [1.54, 1.807) is 0 Å². The first-order valence-corrected chi connectivity index (χ1v) is 6.96. The van der Waals surface area contributed by atoms with Gasteiger partial charge < -0.3 is 15.2 Å². The second-order valence-corrected chi connectivity index (χ2v) is 5.13. The quantitative estimate of drug-likeness (QED) is 0.769. The minimum Gasteiger partial charge on any atom is -0.391 e. The topological polar surface area (TPSA) is 41.5 Å². The van der Waals surface area contributed by atoms with Gasteiger partial charge in [-0.2, -0.15) is 0 Å². The summed E-state index contributed by atoms with van der Waals surface area (Å²) in [7, 11) is 0. The van der Waals surface area contributed by atoms with Gasteiger partial charge in [-0.25, -0.2) is 0 Å². The van der Waals surface area contributed by atoms with E-state index in [1.807, 2.05) is 37.3 Å². The Hall–Kier alpha value is -1.16. The lowest BCUT2D eigenvalue weighted by Gasteiger charge is -2.22. The Morgan fingerprint density at radius 2 is 2.11 bits per heavy atom. The van der Waals surface area contributed by atoms with Gasteiger partial charge in [0.05, 0.1) is 19.3 Å². The summed E-state index contributed by atoms with van der Waals surface area (Å²) < 4.78 is 5.40. The molecular formula is C16H23NO2. The van der Waals surface area contributed by atoms with Crippen LogP contribution < -0.4 is 5.32 Å². The molecule has 3 heteroatoms. The van der Waals surface area contributed by atoms with Crippen molar-refractivity contribution in [3.8, 4) is 0 Å². The molecule has 0 saturated carbocycles. The van der Waals surface area contributed by atoms with E-state index in [2.05, 4.69) is 11.4 Å². The largest absolute Gasteiger partial charge is 0.391 e. The minimum atomic E-state index is -0.368. The molecule has 0 radical (unpaired) electrons. The fourth-order valence-electron chi connectivity index (χ4n) is 2.19. The summed E-state index contributed by atoms with van der Waals surface area (Å²) in [4.78, 5) is 0. The van der Waals surface area contributed by atoms with E-state index in [0.717, 1.165) is 19.6 Å². The molecule has 0 aliphatic carbocycles. The molecule has 19 heavy (non-hydrogen) atoms. The van der Waals surface area contributed by atoms with Crippen molar-refractivity contribution in [2.24, 2.45) is 0 Å².